The van der Waals surface area contributed by atoms with E-state index in [9.17, 15) is 9.18 Å². The first-order chi connectivity index (χ1) is 13.1. The van der Waals surface area contributed by atoms with Gasteiger partial charge in [-0.3, -0.25) is 0 Å². The normalized spacial score (nSPS) is 18.1. The van der Waals surface area contributed by atoms with Crippen molar-refractivity contribution < 1.29 is 23.4 Å². The summed E-state index contributed by atoms with van der Waals surface area (Å²) in [5.74, 6) is 0.325. The van der Waals surface area contributed by atoms with Crippen LogP contribution < -0.4 is 9.47 Å². The monoisotopic (exact) mass is 385 g/mol. The van der Waals surface area contributed by atoms with Gasteiger partial charge >= 0.3 is 5.97 Å². The number of carbonyl (C=O) groups excluding carboxylic acids is 1. The maximum atomic E-state index is 13.0. The van der Waals surface area contributed by atoms with E-state index in [0.717, 1.165) is 10.6 Å². The van der Waals surface area contributed by atoms with Gasteiger partial charge in [-0.05, 0) is 43.3 Å². The molecule has 0 saturated carbocycles. The highest BCUT2D eigenvalue weighted by molar-refractivity contribution is 7.13. The molecule has 0 fully saturated rings. The molecule has 2 atom stereocenters. The predicted octanol–water partition coefficient (Wildman–Crippen LogP) is 4.22. The molecule has 0 aliphatic carbocycles. The number of halogens is 1. The van der Waals surface area contributed by atoms with Gasteiger partial charge in [0.15, 0.2) is 11.5 Å². The summed E-state index contributed by atoms with van der Waals surface area (Å²) in [4.78, 5) is 16.8. The molecule has 0 bridgehead atoms. The second-order valence-corrected chi connectivity index (χ2v) is 6.92. The fourth-order valence-electron chi connectivity index (χ4n) is 2.70. The molecule has 2 unspecified atom stereocenters. The van der Waals surface area contributed by atoms with E-state index in [1.807, 2.05) is 17.5 Å². The number of hydrogen-bond acceptors (Lipinski definition) is 6. The molecule has 0 amide bonds. The Kier molecular flexibility index (Phi) is 4.77. The zero-order valence-electron chi connectivity index (χ0n) is 14.4. The van der Waals surface area contributed by atoms with Crippen LogP contribution in [0.3, 0.4) is 0 Å². The standard InChI is InChI=1S/C20H16FNO4S/c1-12-18(26-17-5-3-2-4-16(17)25-12)20(23)24-10-15-11-27-19(22-15)13-6-8-14(21)9-7-13/h2-9,11-12,18H,10H2,1H3. The summed E-state index contributed by atoms with van der Waals surface area (Å²) in [6.07, 6.45) is -1.30. The second kappa shape index (κ2) is 7.36. The van der Waals surface area contributed by atoms with Gasteiger partial charge in [0.25, 0.3) is 0 Å². The van der Waals surface area contributed by atoms with E-state index >= 15 is 0 Å². The Hall–Kier alpha value is -2.93. The van der Waals surface area contributed by atoms with Crippen molar-refractivity contribution in [1.82, 2.24) is 4.98 Å². The molecule has 27 heavy (non-hydrogen) atoms. The van der Waals surface area contributed by atoms with Gasteiger partial charge in [0, 0.05) is 10.9 Å². The second-order valence-electron chi connectivity index (χ2n) is 6.07. The average Bonchev–Trinajstić information content (AvgIpc) is 3.15. The van der Waals surface area contributed by atoms with Gasteiger partial charge in [-0.1, -0.05) is 12.1 Å². The van der Waals surface area contributed by atoms with Crippen molar-refractivity contribution in [2.75, 3.05) is 0 Å². The van der Waals surface area contributed by atoms with Gasteiger partial charge in [0.1, 0.15) is 23.5 Å². The molecule has 4 rings (SSSR count). The summed E-state index contributed by atoms with van der Waals surface area (Å²) in [5.41, 5.74) is 1.44. The lowest BCUT2D eigenvalue weighted by molar-refractivity contribution is -0.159. The first-order valence-corrected chi connectivity index (χ1v) is 9.27. The largest absolute Gasteiger partial charge is 0.482 e. The summed E-state index contributed by atoms with van der Waals surface area (Å²) >= 11 is 1.41. The molecule has 2 heterocycles. The van der Waals surface area contributed by atoms with Gasteiger partial charge < -0.3 is 14.2 Å². The number of hydrogen-bond donors (Lipinski definition) is 0. The number of ether oxygens (including phenoxy) is 3. The fourth-order valence-corrected chi connectivity index (χ4v) is 3.52. The summed E-state index contributed by atoms with van der Waals surface area (Å²) in [6.45, 7) is 1.79. The van der Waals surface area contributed by atoms with Crippen LogP contribution in [0.2, 0.25) is 0 Å². The maximum absolute atomic E-state index is 13.0. The number of carbonyl (C=O) groups is 1. The van der Waals surface area contributed by atoms with Crippen LogP contribution >= 0.6 is 11.3 Å². The SMILES string of the molecule is CC1Oc2ccccc2OC1C(=O)OCc1csc(-c2ccc(F)cc2)n1. The summed E-state index contributed by atoms with van der Waals surface area (Å²) in [6, 6.07) is 13.3. The third kappa shape index (κ3) is 3.78. The lowest BCUT2D eigenvalue weighted by Gasteiger charge is -2.30. The van der Waals surface area contributed by atoms with Gasteiger partial charge in [-0.15, -0.1) is 11.3 Å². The van der Waals surface area contributed by atoms with Crippen molar-refractivity contribution in [2.45, 2.75) is 25.7 Å². The fraction of sp³-hybridized carbons (Fsp3) is 0.200. The summed E-state index contributed by atoms with van der Waals surface area (Å²) in [5, 5.41) is 2.55. The van der Waals surface area contributed by atoms with Crippen molar-refractivity contribution in [3.8, 4) is 22.1 Å². The average molecular weight is 385 g/mol. The molecule has 7 heteroatoms. The number of nitrogens with zero attached hydrogens (tertiary/aromatic N) is 1. The maximum Gasteiger partial charge on any atom is 0.351 e. The van der Waals surface area contributed by atoms with E-state index in [-0.39, 0.29) is 12.4 Å². The highest BCUT2D eigenvalue weighted by Crippen LogP contribution is 2.33. The lowest BCUT2D eigenvalue weighted by Crippen LogP contribution is -2.44. The number of benzene rings is 2. The van der Waals surface area contributed by atoms with Crippen molar-refractivity contribution in [2.24, 2.45) is 0 Å². The van der Waals surface area contributed by atoms with Crippen LogP contribution in [0.15, 0.2) is 53.9 Å². The Balaban J connectivity index is 1.39. The van der Waals surface area contributed by atoms with Crippen LogP contribution in [0.25, 0.3) is 10.6 Å². The first kappa shape index (κ1) is 17.5. The van der Waals surface area contributed by atoms with Crippen LogP contribution in [0, 0.1) is 5.82 Å². The molecule has 1 aromatic heterocycles. The molecule has 0 saturated heterocycles. The molecule has 5 nitrogen and oxygen atoms in total. The van der Waals surface area contributed by atoms with Crippen LogP contribution in [0.5, 0.6) is 11.5 Å². The molecule has 0 radical (unpaired) electrons. The molecule has 1 aliphatic heterocycles. The zero-order valence-corrected chi connectivity index (χ0v) is 15.2. The zero-order chi connectivity index (χ0) is 18.8. The molecular weight excluding hydrogens is 369 g/mol. The molecule has 1 aliphatic rings. The first-order valence-electron chi connectivity index (χ1n) is 8.39. The third-order valence-corrected chi connectivity index (χ3v) is 5.02. The number of thiazole rings is 1. The third-order valence-electron chi connectivity index (χ3n) is 4.08. The van der Waals surface area contributed by atoms with Crippen LogP contribution in [-0.4, -0.2) is 23.2 Å². The Morgan fingerprint density at radius 1 is 1.15 bits per heavy atom. The van der Waals surface area contributed by atoms with Crippen molar-refractivity contribution in [3.63, 3.8) is 0 Å². The molecule has 0 N–H and O–H groups in total. The smallest absolute Gasteiger partial charge is 0.351 e. The predicted molar refractivity (Wildman–Crippen MR) is 98.3 cm³/mol. The highest BCUT2D eigenvalue weighted by atomic mass is 32.1. The van der Waals surface area contributed by atoms with E-state index in [2.05, 4.69) is 4.98 Å². The molecule has 138 valence electrons. The van der Waals surface area contributed by atoms with E-state index in [1.54, 1.807) is 31.2 Å². The minimum absolute atomic E-state index is 0.0325. The molecule has 3 aromatic rings. The molecular formula is C20H16FNO4S. The van der Waals surface area contributed by atoms with Gasteiger partial charge in [-0.25, -0.2) is 14.2 Å². The minimum Gasteiger partial charge on any atom is -0.482 e. The quantitative estimate of drug-likeness (QED) is 0.630. The summed E-state index contributed by atoms with van der Waals surface area (Å²) < 4.78 is 29.8. The number of fused-ring (bicyclic) bond motifs is 1. The lowest BCUT2D eigenvalue weighted by atomic mass is 10.2. The van der Waals surface area contributed by atoms with E-state index in [1.165, 1.54) is 23.5 Å². The minimum atomic E-state index is -0.838. The molecule has 0 spiro atoms. The van der Waals surface area contributed by atoms with Gasteiger partial charge in [0.2, 0.25) is 6.10 Å². The van der Waals surface area contributed by atoms with Gasteiger partial charge in [0.05, 0.1) is 5.69 Å². The number of rotatable bonds is 4. The van der Waals surface area contributed by atoms with E-state index in [0.29, 0.717) is 17.2 Å². The van der Waals surface area contributed by atoms with Gasteiger partial charge in [-0.2, -0.15) is 0 Å². The highest BCUT2D eigenvalue weighted by Gasteiger charge is 2.35. The Morgan fingerprint density at radius 2 is 1.85 bits per heavy atom. The number of para-hydroxylation sites is 2. The Morgan fingerprint density at radius 3 is 2.59 bits per heavy atom. The van der Waals surface area contributed by atoms with Crippen LogP contribution in [-0.2, 0) is 16.1 Å². The molecule has 2 aromatic carbocycles. The van der Waals surface area contributed by atoms with E-state index < -0.39 is 18.2 Å². The van der Waals surface area contributed by atoms with Crippen LogP contribution in [0.1, 0.15) is 12.6 Å². The number of aromatic nitrogens is 1. The number of esters is 1. The van der Waals surface area contributed by atoms with Crippen molar-refractivity contribution >= 4 is 17.3 Å². The Labute approximate surface area is 159 Å². The van der Waals surface area contributed by atoms with Crippen molar-refractivity contribution in [1.29, 1.82) is 0 Å². The summed E-state index contributed by atoms with van der Waals surface area (Å²) in [7, 11) is 0. The van der Waals surface area contributed by atoms with E-state index in [4.69, 9.17) is 14.2 Å². The van der Waals surface area contributed by atoms with Crippen molar-refractivity contribution in [3.05, 3.63) is 65.4 Å². The Bertz CT molecular complexity index is 957. The van der Waals surface area contributed by atoms with Crippen LogP contribution in [0.4, 0.5) is 4.39 Å². The topological polar surface area (TPSA) is 57.7 Å².